The number of carbonyl (C=O) groups is 1. The molecule has 0 spiro atoms. The molecule has 1 aromatic heterocycles. The molecule has 7 nitrogen and oxygen atoms in total. The normalized spacial score (nSPS) is 15.0. The summed E-state index contributed by atoms with van der Waals surface area (Å²) < 4.78 is 0.855. The van der Waals surface area contributed by atoms with Gasteiger partial charge in [0.2, 0.25) is 0 Å². The van der Waals surface area contributed by atoms with Gasteiger partial charge in [-0.05, 0) is 40.2 Å². The van der Waals surface area contributed by atoms with Gasteiger partial charge in [0.1, 0.15) is 5.82 Å². The molecule has 2 heterocycles. The summed E-state index contributed by atoms with van der Waals surface area (Å²) in [5.41, 5.74) is 1.34. The first-order valence-electron chi connectivity index (χ1n) is 9.11. The molecule has 0 atom stereocenters. The van der Waals surface area contributed by atoms with Crippen LogP contribution in [0.4, 0.5) is 10.5 Å². The number of urea groups is 1. The van der Waals surface area contributed by atoms with Crippen LogP contribution in [0.5, 0.6) is 0 Å². The molecule has 0 bridgehead atoms. The van der Waals surface area contributed by atoms with Crippen LogP contribution in [0, 0.1) is 0 Å². The summed E-state index contributed by atoms with van der Waals surface area (Å²) in [6.45, 7) is 3.24. The van der Waals surface area contributed by atoms with Crippen LogP contribution in [-0.4, -0.2) is 52.0 Å². The third-order valence-electron chi connectivity index (χ3n) is 4.81. The van der Waals surface area contributed by atoms with Gasteiger partial charge in [-0.2, -0.15) is 0 Å². The van der Waals surface area contributed by atoms with Crippen LogP contribution in [0.25, 0.3) is 10.9 Å². The molecule has 8 heteroatoms. The second kappa shape index (κ2) is 8.12. The molecule has 0 aliphatic carbocycles. The summed E-state index contributed by atoms with van der Waals surface area (Å²) in [4.78, 5) is 36.1. The summed E-state index contributed by atoms with van der Waals surface area (Å²) in [6, 6.07) is 14.8. The van der Waals surface area contributed by atoms with Crippen molar-refractivity contribution < 1.29 is 4.79 Å². The van der Waals surface area contributed by atoms with Gasteiger partial charge in [0.25, 0.3) is 5.56 Å². The van der Waals surface area contributed by atoms with Crippen LogP contribution in [-0.2, 0) is 6.54 Å². The number of piperazine rings is 1. The number of nitrogens with zero attached hydrogens (tertiary/aromatic N) is 3. The fraction of sp³-hybridized carbons (Fsp3) is 0.250. The number of hydrogen-bond acceptors (Lipinski definition) is 4. The van der Waals surface area contributed by atoms with Crippen molar-refractivity contribution in [1.82, 2.24) is 19.8 Å². The number of amides is 2. The molecular formula is C20H20BrN5O2. The molecule has 2 aromatic carbocycles. The minimum absolute atomic E-state index is 0.108. The molecule has 1 saturated heterocycles. The highest BCUT2D eigenvalue weighted by molar-refractivity contribution is 9.10. The molecule has 0 radical (unpaired) electrons. The Bertz CT molecular complexity index is 1060. The Balaban J connectivity index is 1.36. The fourth-order valence-electron chi connectivity index (χ4n) is 3.29. The van der Waals surface area contributed by atoms with Gasteiger partial charge in [-0.3, -0.25) is 9.69 Å². The van der Waals surface area contributed by atoms with E-state index in [1.54, 1.807) is 11.0 Å². The minimum atomic E-state index is -0.118. The van der Waals surface area contributed by atoms with Crippen molar-refractivity contribution in [2.45, 2.75) is 6.54 Å². The molecular weight excluding hydrogens is 422 g/mol. The number of fused-ring (bicyclic) bond motifs is 1. The van der Waals surface area contributed by atoms with E-state index in [9.17, 15) is 9.59 Å². The highest BCUT2D eigenvalue weighted by Crippen LogP contribution is 2.21. The lowest BCUT2D eigenvalue weighted by molar-refractivity contribution is 0.141. The standard InChI is InChI=1S/C20H20BrN5O2/c21-15-6-2-4-8-17(15)23-20(28)26-11-9-25(10-12-26)13-18-22-16-7-3-1-5-14(16)19(27)24-18/h1-8H,9-13H2,(H,23,28)(H,22,24,27). The minimum Gasteiger partial charge on any atom is -0.322 e. The van der Waals surface area contributed by atoms with Crippen LogP contribution < -0.4 is 10.9 Å². The van der Waals surface area contributed by atoms with Gasteiger partial charge in [0.15, 0.2) is 0 Å². The van der Waals surface area contributed by atoms with E-state index in [-0.39, 0.29) is 11.6 Å². The third-order valence-corrected chi connectivity index (χ3v) is 5.50. The lowest BCUT2D eigenvalue weighted by Gasteiger charge is -2.34. The van der Waals surface area contributed by atoms with Crippen LogP contribution >= 0.6 is 15.9 Å². The van der Waals surface area contributed by atoms with Crippen LogP contribution in [0.3, 0.4) is 0 Å². The second-order valence-electron chi connectivity index (χ2n) is 6.70. The predicted molar refractivity (Wildman–Crippen MR) is 112 cm³/mol. The number of H-pyrrole nitrogens is 1. The maximum atomic E-state index is 12.5. The lowest BCUT2D eigenvalue weighted by atomic mass is 10.2. The molecule has 28 heavy (non-hydrogen) atoms. The molecule has 1 aliphatic heterocycles. The number of aromatic amines is 1. The summed E-state index contributed by atoms with van der Waals surface area (Å²) in [6.07, 6.45) is 0. The maximum Gasteiger partial charge on any atom is 0.321 e. The number of nitrogens with one attached hydrogen (secondary N) is 2. The Kier molecular flexibility index (Phi) is 5.40. The summed E-state index contributed by atoms with van der Waals surface area (Å²) in [5, 5.41) is 3.53. The SMILES string of the molecule is O=C(Nc1ccccc1Br)N1CCN(Cc2nc3ccccc3c(=O)[nH]2)CC1. The van der Waals surface area contributed by atoms with Crippen molar-refractivity contribution in [1.29, 1.82) is 0 Å². The monoisotopic (exact) mass is 441 g/mol. The zero-order valence-electron chi connectivity index (χ0n) is 15.2. The first kappa shape index (κ1) is 18.6. The summed E-state index contributed by atoms with van der Waals surface area (Å²) in [5.74, 6) is 0.648. The van der Waals surface area contributed by atoms with E-state index in [1.165, 1.54) is 0 Å². The quantitative estimate of drug-likeness (QED) is 0.654. The number of anilines is 1. The van der Waals surface area contributed by atoms with Crippen molar-refractivity contribution in [3.8, 4) is 0 Å². The molecule has 1 fully saturated rings. The Hall–Kier alpha value is -2.71. The van der Waals surface area contributed by atoms with Gasteiger partial charge >= 0.3 is 6.03 Å². The second-order valence-corrected chi connectivity index (χ2v) is 7.56. The first-order valence-corrected chi connectivity index (χ1v) is 9.90. The van der Waals surface area contributed by atoms with E-state index in [0.29, 0.717) is 36.4 Å². The van der Waals surface area contributed by atoms with Crippen LogP contribution in [0.15, 0.2) is 57.8 Å². The summed E-state index contributed by atoms with van der Waals surface area (Å²) >= 11 is 3.44. The molecule has 0 saturated carbocycles. The smallest absolute Gasteiger partial charge is 0.321 e. The van der Waals surface area contributed by atoms with Crippen LogP contribution in [0.2, 0.25) is 0 Å². The predicted octanol–water partition coefficient (Wildman–Crippen LogP) is 3.04. The van der Waals surface area contributed by atoms with E-state index in [1.807, 2.05) is 42.5 Å². The van der Waals surface area contributed by atoms with E-state index < -0.39 is 0 Å². The third kappa shape index (κ3) is 4.07. The van der Waals surface area contributed by atoms with E-state index in [2.05, 4.69) is 36.1 Å². The van der Waals surface area contributed by atoms with Gasteiger partial charge in [-0.25, -0.2) is 9.78 Å². The molecule has 2 N–H and O–H groups in total. The van der Waals surface area contributed by atoms with Crippen molar-refractivity contribution in [3.63, 3.8) is 0 Å². The highest BCUT2D eigenvalue weighted by atomic mass is 79.9. The number of carbonyl (C=O) groups excluding carboxylic acids is 1. The lowest BCUT2D eigenvalue weighted by Crippen LogP contribution is -2.49. The molecule has 0 unspecified atom stereocenters. The highest BCUT2D eigenvalue weighted by Gasteiger charge is 2.22. The maximum absolute atomic E-state index is 12.5. The molecule has 4 rings (SSSR count). The molecule has 3 aromatic rings. The van der Waals surface area contributed by atoms with E-state index in [0.717, 1.165) is 23.2 Å². The number of halogens is 1. The van der Waals surface area contributed by atoms with Gasteiger partial charge in [0.05, 0.1) is 23.1 Å². The van der Waals surface area contributed by atoms with Crippen molar-refractivity contribution in [2.75, 3.05) is 31.5 Å². The van der Waals surface area contributed by atoms with E-state index in [4.69, 9.17) is 0 Å². The first-order chi connectivity index (χ1) is 13.6. The van der Waals surface area contributed by atoms with Crippen molar-refractivity contribution >= 4 is 38.6 Å². The number of rotatable bonds is 3. The zero-order chi connectivity index (χ0) is 19.5. The van der Waals surface area contributed by atoms with Gasteiger partial charge in [-0.15, -0.1) is 0 Å². The molecule has 144 valence electrons. The van der Waals surface area contributed by atoms with Crippen LogP contribution in [0.1, 0.15) is 5.82 Å². The largest absolute Gasteiger partial charge is 0.322 e. The van der Waals surface area contributed by atoms with Crippen molar-refractivity contribution in [3.05, 3.63) is 69.2 Å². The Morgan fingerprint density at radius 3 is 2.57 bits per heavy atom. The number of benzene rings is 2. The van der Waals surface area contributed by atoms with Gasteiger partial charge in [0, 0.05) is 30.7 Å². The number of para-hydroxylation sites is 2. The Morgan fingerprint density at radius 1 is 1.07 bits per heavy atom. The van der Waals surface area contributed by atoms with Gasteiger partial charge in [-0.1, -0.05) is 24.3 Å². The number of aromatic nitrogens is 2. The molecule has 2 amide bonds. The average Bonchev–Trinajstić information content (AvgIpc) is 2.70. The topological polar surface area (TPSA) is 81.3 Å². The van der Waals surface area contributed by atoms with Gasteiger partial charge < -0.3 is 15.2 Å². The van der Waals surface area contributed by atoms with Crippen molar-refractivity contribution in [2.24, 2.45) is 0 Å². The Morgan fingerprint density at radius 2 is 1.79 bits per heavy atom. The van der Waals surface area contributed by atoms with E-state index >= 15 is 0 Å². The zero-order valence-corrected chi connectivity index (χ0v) is 16.8. The summed E-state index contributed by atoms with van der Waals surface area (Å²) in [7, 11) is 0. The molecule has 1 aliphatic rings. The number of hydrogen-bond donors (Lipinski definition) is 2. The fourth-order valence-corrected chi connectivity index (χ4v) is 3.67. The Labute approximate surface area is 170 Å². The average molecular weight is 442 g/mol.